The van der Waals surface area contributed by atoms with E-state index < -0.39 is 18.0 Å². The number of aliphatic carboxylic acids is 2. The molecule has 0 spiro atoms. The lowest BCUT2D eigenvalue weighted by molar-refractivity contribution is -0.139. The predicted molar refractivity (Wildman–Crippen MR) is 59.3 cm³/mol. The molecule has 0 saturated carbocycles. The molecule has 0 heterocycles. The molecule has 5 N–H and O–H groups in total. The molecular formula is C10H18N2O5. The minimum atomic E-state index is -1.01. The second kappa shape index (κ2) is 8.51. The van der Waals surface area contributed by atoms with Gasteiger partial charge in [0.05, 0.1) is 12.8 Å². The van der Waals surface area contributed by atoms with Gasteiger partial charge in [-0.2, -0.15) is 0 Å². The third-order valence-electron chi connectivity index (χ3n) is 2.08. The Bertz CT molecular complexity index is 280. The number of carbonyl (C=O) groups excluding carboxylic acids is 1. The molecule has 0 radical (unpaired) electrons. The van der Waals surface area contributed by atoms with Crippen molar-refractivity contribution in [3.8, 4) is 0 Å². The molecule has 0 bridgehead atoms. The zero-order valence-corrected chi connectivity index (χ0v) is 9.52. The summed E-state index contributed by atoms with van der Waals surface area (Å²) in [6.45, 7) is 0.381. The maximum absolute atomic E-state index is 11.1. The lowest BCUT2D eigenvalue weighted by Crippen LogP contribution is -2.28. The summed E-state index contributed by atoms with van der Waals surface area (Å²) in [6.07, 6.45) is 0.757. The van der Waals surface area contributed by atoms with E-state index in [2.05, 4.69) is 5.32 Å². The van der Waals surface area contributed by atoms with Crippen LogP contribution in [0.2, 0.25) is 0 Å². The van der Waals surface area contributed by atoms with Crippen molar-refractivity contribution >= 4 is 17.8 Å². The summed E-state index contributed by atoms with van der Waals surface area (Å²) in [7, 11) is 0. The fourth-order valence-corrected chi connectivity index (χ4v) is 1.23. The molecule has 0 fully saturated rings. The first-order valence-corrected chi connectivity index (χ1v) is 5.37. The molecule has 0 rings (SSSR count). The molecule has 0 aromatic heterocycles. The summed E-state index contributed by atoms with van der Waals surface area (Å²) >= 11 is 0. The van der Waals surface area contributed by atoms with Crippen LogP contribution in [0, 0.1) is 0 Å². The van der Waals surface area contributed by atoms with Crippen molar-refractivity contribution < 1.29 is 24.6 Å². The summed E-state index contributed by atoms with van der Waals surface area (Å²) in [6, 6.07) is -0.413. The van der Waals surface area contributed by atoms with Gasteiger partial charge in [-0.15, -0.1) is 0 Å². The van der Waals surface area contributed by atoms with Crippen LogP contribution in [-0.4, -0.2) is 40.6 Å². The van der Waals surface area contributed by atoms with Crippen LogP contribution in [0.5, 0.6) is 0 Å². The highest BCUT2D eigenvalue weighted by Gasteiger charge is 2.08. The number of nitrogens with two attached hydrogens (primary N) is 1. The molecular weight excluding hydrogens is 228 g/mol. The second-order valence-corrected chi connectivity index (χ2v) is 3.74. The van der Waals surface area contributed by atoms with Gasteiger partial charge in [-0.1, -0.05) is 0 Å². The van der Waals surface area contributed by atoms with E-state index in [4.69, 9.17) is 15.9 Å². The minimum Gasteiger partial charge on any atom is -0.481 e. The number of nitrogens with one attached hydrogen (secondary N) is 1. The smallest absolute Gasteiger partial charge is 0.304 e. The summed E-state index contributed by atoms with van der Waals surface area (Å²) in [5, 5.41) is 19.3. The number of hydrogen-bond donors (Lipinski definition) is 4. The van der Waals surface area contributed by atoms with Crippen molar-refractivity contribution in [2.75, 3.05) is 6.54 Å². The number of amides is 1. The maximum atomic E-state index is 11.1. The molecule has 1 atom stereocenters. The van der Waals surface area contributed by atoms with E-state index in [1.807, 2.05) is 0 Å². The normalized spacial score (nSPS) is 11.8. The maximum Gasteiger partial charge on any atom is 0.304 e. The molecule has 0 aliphatic carbocycles. The zero-order chi connectivity index (χ0) is 13.3. The van der Waals surface area contributed by atoms with Gasteiger partial charge in [-0.05, 0) is 12.8 Å². The highest BCUT2D eigenvalue weighted by Crippen LogP contribution is 1.98. The Balaban J connectivity index is 3.47. The molecule has 7 heteroatoms. The number of carboxylic acids is 2. The highest BCUT2D eigenvalue weighted by molar-refractivity contribution is 5.80. The number of rotatable bonds is 9. The predicted octanol–water partition coefficient (Wildman–Crippen LogP) is -0.450. The molecule has 98 valence electrons. The summed E-state index contributed by atoms with van der Waals surface area (Å²) < 4.78 is 0. The van der Waals surface area contributed by atoms with Crippen LogP contribution in [0.25, 0.3) is 0 Å². The van der Waals surface area contributed by atoms with Crippen molar-refractivity contribution in [3.63, 3.8) is 0 Å². The number of carboxylic acid groups (broad SMARTS) is 2. The third-order valence-corrected chi connectivity index (χ3v) is 2.08. The second-order valence-electron chi connectivity index (χ2n) is 3.74. The molecule has 17 heavy (non-hydrogen) atoms. The van der Waals surface area contributed by atoms with Gasteiger partial charge in [-0.3, -0.25) is 14.4 Å². The van der Waals surface area contributed by atoms with E-state index in [0.29, 0.717) is 19.4 Å². The summed E-state index contributed by atoms with van der Waals surface area (Å²) in [4.78, 5) is 31.5. The van der Waals surface area contributed by atoms with Crippen LogP contribution >= 0.6 is 0 Å². The van der Waals surface area contributed by atoms with E-state index in [1.54, 1.807) is 0 Å². The molecule has 0 aromatic carbocycles. The van der Waals surface area contributed by atoms with Crippen LogP contribution in [0.15, 0.2) is 0 Å². The van der Waals surface area contributed by atoms with Crippen molar-refractivity contribution in [2.45, 2.75) is 38.1 Å². The van der Waals surface area contributed by atoms with Crippen LogP contribution < -0.4 is 11.1 Å². The van der Waals surface area contributed by atoms with E-state index >= 15 is 0 Å². The molecule has 1 amide bonds. The fraction of sp³-hybridized carbons (Fsp3) is 0.700. The monoisotopic (exact) mass is 246 g/mol. The van der Waals surface area contributed by atoms with Gasteiger partial charge < -0.3 is 21.3 Å². The standard InChI is InChI=1S/C10H18N2O5/c11-7(6-10(16)17)2-1-5-12-8(13)3-4-9(14)15/h7H,1-6,11H2,(H,12,13)(H,14,15)(H,16,17). The quantitative estimate of drug-likeness (QED) is 0.408. The van der Waals surface area contributed by atoms with Gasteiger partial charge in [-0.25, -0.2) is 0 Å². The summed E-state index contributed by atoms with van der Waals surface area (Å²) in [5.41, 5.74) is 5.52. The van der Waals surface area contributed by atoms with E-state index in [9.17, 15) is 14.4 Å². The largest absolute Gasteiger partial charge is 0.481 e. The first-order chi connectivity index (χ1) is 7.91. The Morgan fingerprint density at radius 1 is 1.12 bits per heavy atom. The molecule has 7 nitrogen and oxygen atoms in total. The molecule has 0 aromatic rings. The van der Waals surface area contributed by atoms with Gasteiger partial charge in [0.15, 0.2) is 0 Å². The summed E-state index contributed by atoms with van der Waals surface area (Å²) in [5.74, 6) is -2.27. The van der Waals surface area contributed by atoms with Crippen molar-refractivity contribution in [1.82, 2.24) is 5.32 Å². The first-order valence-electron chi connectivity index (χ1n) is 5.37. The Labute approximate surface area is 99.0 Å². The Kier molecular flexibility index (Phi) is 7.70. The fourth-order valence-electron chi connectivity index (χ4n) is 1.23. The lowest BCUT2D eigenvalue weighted by atomic mass is 10.1. The van der Waals surface area contributed by atoms with Gasteiger partial charge in [0, 0.05) is 19.0 Å². The number of carbonyl (C=O) groups is 3. The molecule has 1 unspecified atom stereocenters. The van der Waals surface area contributed by atoms with Crippen LogP contribution in [0.4, 0.5) is 0 Å². The topological polar surface area (TPSA) is 130 Å². The average molecular weight is 246 g/mol. The molecule has 0 saturated heterocycles. The molecule has 0 aliphatic rings. The van der Waals surface area contributed by atoms with Crippen molar-refractivity contribution in [2.24, 2.45) is 5.73 Å². The Morgan fingerprint density at radius 2 is 1.76 bits per heavy atom. The van der Waals surface area contributed by atoms with E-state index in [-0.39, 0.29) is 25.2 Å². The minimum absolute atomic E-state index is 0.0451. The average Bonchev–Trinajstić information content (AvgIpc) is 2.20. The van der Waals surface area contributed by atoms with Crippen LogP contribution in [-0.2, 0) is 14.4 Å². The molecule has 0 aliphatic heterocycles. The lowest BCUT2D eigenvalue weighted by Gasteiger charge is -2.09. The van der Waals surface area contributed by atoms with Gasteiger partial charge in [0.25, 0.3) is 0 Å². The van der Waals surface area contributed by atoms with Crippen LogP contribution in [0.3, 0.4) is 0 Å². The Hall–Kier alpha value is -1.63. The first kappa shape index (κ1) is 15.4. The van der Waals surface area contributed by atoms with E-state index in [1.165, 1.54) is 0 Å². The van der Waals surface area contributed by atoms with Crippen LogP contribution in [0.1, 0.15) is 32.1 Å². The van der Waals surface area contributed by atoms with E-state index in [0.717, 1.165) is 0 Å². The third kappa shape index (κ3) is 10.6. The van der Waals surface area contributed by atoms with Gasteiger partial charge >= 0.3 is 11.9 Å². The zero-order valence-electron chi connectivity index (χ0n) is 9.52. The number of hydrogen-bond acceptors (Lipinski definition) is 4. The van der Waals surface area contributed by atoms with Crippen molar-refractivity contribution in [1.29, 1.82) is 0 Å². The Morgan fingerprint density at radius 3 is 2.29 bits per heavy atom. The highest BCUT2D eigenvalue weighted by atomic mass is 16.4. The van der Waals surface area contributed by atoms with Crippen molar-refractivity contribution in [3.05, 3.63) is 0 Å². The SMILES string of the molecule is NC(CCCNC(=O)CCC(=O)O)CC(=O)O. The van der Waals surface area contributed by atoms with Gasteiger partial charge in [0.2, 0.25) is 5.91 Å². The van der Waals surface area contributed by atoms with Gasteiger partial charge in [0.1, 0.15) is 0 Å².